The Bertz CT molecular complexity index is 1360. The van der Waals surface area contributed by atoms with E-state index < -0.39 is 98.9 Å². The summed E-state index contributed by atoms with van der Waals surface area (Å²) in [4.78, 5) is 40.2. The van der Waals surface area contributed by atoms with Gasteiger partial charge < -0.3 is 48.5 Å². The van der Waals surface area contributed by atoms with Crippen molar-refractivity contribution in [2.45, 2.75) is 67.5 Å². The molecule has 6 fully saturated rings. The molecule has 8 rings (SSSR count). The first-order valence-corrected chi connectivity index (χ1v) is 13.8. The van der Waals surface area contributed by atoms with Crippen LogP contribution in [-0.2, 0) is 47.5 Å². The number of esters is 2. The first-order valence-electron chi connectivity index (χ1n) is 13.8. The number of carbonyl (C=O) groups is 3. The molecule has 13 nitrogen and oxygen atoms in total. The number of aliphatic hydroxyl groups is 3. The summed E-state index contributed by atoms with van der Waals surface area (Å²) in [6.45, 7) is 2.83. The third-order valence-electron chi connectivity index (χ3n) is 12.1. The summed E-state index contributed by atoms with van der Waals surface area (Å²) in [5.41, 5.74) is -8.80. The van der Waals surface area contributed by atoms with E-state index in [0.29, 0.717) is 6.42 Å². The van der Waals surface area contributed by atoms with E-state index in [-0.39, 0.29) is 13.2 Å². The van der Waals surface area contributed by atoms with Crippen molar-refractivity contribution in [1.29, 1.82) is 0 Å². The molecule has 5 aliphatic heterocycles. The average Bonchev–Trinajstić information content (AvgIpc) is 3.33. The van der Waals surface area contributed by atoms with Crippen LogP contribution < -0.4 is 0 Å². The maximum absolute atomic E-state index is 13.5. The van der Waals surface area contributed by atoms with Crippen LogP contribution in [0.25, 0.3) is 0 Å². The minimum atomic E-state index is -2.62. The van der Waals surface area contributed by atoms with Crippen LogP contribution in [0.4, 0.5) is 0 Å². The summed E-state index contributed by atoms with van der Waals surface area (Å²) in [5, 5.41) is 36.2. The van der Waals surface area contributed by atoms with Crippen molar-refractivity contribution in [3.63, 3.8) is 0 Å². The van der Waals surface area contributed by atoms with Gasteiger partial charge in [-0.15, -0.1) is 0 Å². The third kappa shape index (κ3) is 2.31. The molecule has 0 radical (unpaired) electrons. The van der Waals surface area contributed by atoms with E-state index in [2.05, 4.69) is 0 Å². The molecule has 13 heteroatoms. The van der Waals surface area contributed by atoms with E-state index in [0.717, 1.165) is 14.2 Å². The first-order chi connectivity index (χ1) is 19.3. The van der Waals surface area contributed by atoms with E-state index in [9.17, 15) is 29.7 Å². The number of rotatable bonds is 3. The molecule has 0 aromatic heterocycles. The van der Waals surface area contributed by atoms with Crippen LogP contribution >= 0.6 is 0 Å². The lowest BCUT2D eigenvalue weighted by molar-refractivity contribution is -0.298. The molecule has 0 aromatic rings. The molecule has 0 unspecified atom stereocenters. The fourth-order valence-corrected chi connectivity index (χ4v) is 10.7. The summed E-state index contributed by atoms with van der Waals surface area (Å²) in [6.07, 6.45) is 1.69. The smallest absolute Gasteiger partial charge is 0.366 e. The third-order valence-corrected chi connectivity index (χ3v) is 12.1. The number of carbonyl (C=O) groups excluding carboxylic acids is 3. The highest BCUT2D eigenvalue weighted by atomic mass is 16.7. The Morgan fingerprint density at radius 1 is 1.07 bits per heavy atom. The molecule has 4 saturated heterocycles. The Morgan fingerprint density at radius 3 is 2.51 bits per heavy atom. The van der Waals surface area contributed by atoms with Crippen molar-refractivity contribution in [1.82, 2.24) is 0 Å². The number of hydrogen-bond donors (Lipinski definition) is 3. The van der Waals surface area contributed by atoms with Gasteiger partial charge in [-0.3, -0.25) is 9.59 Å². The summed E-state index contributed by atoms with van der Waals surface area (Å²) in [7, 11) is 2.27. The molecule has 3 N–H and O–H groups in total. The van der Waals surface area contributed by atoms with E-state index in [1.807, 2.05) is 6.92 Å². The number of allylic oxidation sites excluding steroid dienone is 1. The van der Waals surface area contributed by atoms with Gasteiger partial charge in [0.1, 0.15) is 11.2 Å². The Balaban J connectivity index is 1.38. The normalized spacial score (nSPS) is 60.1. The molecule has 41 heavy (non-hydrogen) atoms. The highest BCUT2D eigenvalue weighted by Gasteiger charge is 2.96. The van der Waals surface area contributed by atoms with Gasteiger partial charge in [0.2, 0.25) is 6.29 Å². The van der Waals surface area contributed by atoms with Crippen molar-refractivity contribution in [2.24, 2.45) is 34.0 Å². The van der Waals surface area contributed by atoms with Gasteiger partial charge in [-0.05, 0) is 25.5 Å². The van der Waals surface area contributed by atoms with Crippen LogP contribution in [0.2, 0.25) is 0 Å². The SMILES string of the molecule is COC(=O)[C@@]12CO[C@H]3[C@@H](O)[C@@](C)([C@]45O[C@@]4(C)[C@H]4C[C@@H]5O[C@@H]5OC=C[C@@]54O)[C@H]4[C@@](C=CC1=O)(CO[C@]4(O)C(=O)OC)[C@@H]32. The van der Waals surface area contributed by atoms with Crippen molar-refractivity contribution in [2.75, 3.05) is 27.4 Å². The number of hydrogen-bond acceptors (Lipinski definition) is 13. The maximum Gasteiger partial charge on any atom is 0.366 e. The summed E-state index contributed by atoms with van der Waals surface area (Å²) in [5.74, 6) is -8.02. The predicted molar refractivity (Wildman–Crippen MR) is 129 cm³/mol. The zero-order valence-corrected chi connectivity index (χ0v) is 22.9. The summed E-state index contributed by atoms with van der Waals surface area (Å²) in [6, 6.07) is 0. The standard InChI is InChI=1S/C28H32O13/c1-22(28-14-9-12(23(28,2)41-28)26(33)7-8-37-21(26)40-14)17(30)15-16-24(10-39-27(34,18(22)24)20(32)36-4)6-5-13(29)25(16,11-38-15)19(31)35-3/h5-8,12,14-18,21,30,33-34H,9-11H2,1-4H3/t12-,14+,15-,16-,17-,18+,21+,22-,23+,24+,25+,26+,27+,28+/m1/s1. The lowest BCUT2D eigenvalue weighted by atomic mass is 9.39. The van der Waals surface area contributed by atoms with Crippen LogP contribution in [0.3, 0.4) is 0 Å². The Morgan fingerprint density at radius 2 is 1.80 bits per heavy atom. The van der Waals surface area contributed by atoms with E-state index in [4.69, 9.17) is 33.2 Å². The number of ether oxygens (including phenoxy) is 7. The zero-order chi connectivity index (χ0) is 29.2. The second-order valence-electron chi connectivity index (χ2n) is 13.2. The first kappa shape index (κ1) is 26.3. The van der Waals surface area contributed by atoms with E-state index >= 15 is 0 Å². The average molecular weight is 577 g/mol. The van der Waals surface area contributed by atoms with Crippen LogP contribution in [0.15, 0.2) is 24.5 Å². The zero-order valence-electron chi connectivity index (χ0n) is 22.9. The van der Waals surface area contributed by atoms with Gasteiger partial charge in [0.05, 0.1) is 52.0 Å². The molecular formula is C28H32O13. The monoisotopic (exact) mass is 576 g/mol. The molecule has 14 atom stereocenters. The molecule has 222 valence electrons. The second kappa shape index (κ2) is 7.21. The number of epoxide rings is 1. The minimum absolute atomic E-state index is 0.293. The van der Waals surface area contributed by atoms with Crippen molar-refractivity contribution in [3.05, 3.63) is 24.5 Å². The van der Waals surface area contributed by atoms with Gasteiger partial charge >= 0.3 is 11.9 Å². The Kier molecular flexibility index (Phi) is 4.62. The summed E-state index contributed by atoms with van der Waals surface area (Å²) < 4.78 is 40.7. The number of aliphatic hydroxyl groups excluding tert-OH is 1. The lowest BCUT2D eigenvalue weighted by Crippen LogP contribution is -2.75. The van der Waals surface area contributed by atoms with E-state index in [1.54, 1.807) is 13.0 Å². The Hall–Kier alpha value is -2.39. The second-order valence-corrected chi connectivity index (χ2v) is 13.2. The fourth-order valence-electron chi connectivity index (χ4n) is 10.7. The molecule has 0 amide bonds. The van der Waals surface area contributed by atoms with Gasteiger partial charge in [-0.25, -0.2) is 4.79 Å². The predicted octanol–water partition coefficient (Wildman–Crippen LogP) is -1.28. The van der Waals surface area contributed by atoms with E-state index in [1.165, 1.54) is 18.4 Å². The molecule has 3 aliphatic carbocycles. The molecule has 2 bridgehead atoms. The molecule has 0 aromatic carbocycles. The van der Waals surface area contributed by atoms with Gasteiger partial charge in [0, 0.05) is 28.6 Å². The van der Waals surface area contributed by atoms with Gasteiger partial charge in [-0.1, -0.05) is 13.0 Å². The lowest BCUT2D eigenvalue weighted by Gasteiger charge is -2.62. The highest BCUT2D eigenvalue weighted by Crippen LogP contribution is 2.82. The number of methoxy groups -OCH3 is 2. The molecular weight excluding hydrogens is 544 g/mol. The molecule has 8 aliphatic rings. The van der Waals surface area contributed by atoms with Crippen LogP contribution in [-0.4, -0.2) is 108 Å². The number of ketones is 1. The van der Waals surface area contributed by atoms with Crippen molar-refractivity contribution in [3.8, 4) is 0 Å². The molecule has 1 spiro atoms. The minimum Gasteiger partial charge on any atom is -0.469 e. The van der Waals surface area contributed by atoms with Crippen molar-refractivity contribution >= 4 is 17.7 Å². The fraction of sp³-hybridized carbons (Fsp3) is 0.750. The van der Waals surface area contributed by atoms with Gasteiger partial charge in [0.15, 0.2) is 16.8 Å². The van der Waals surface area contributed by atoms with Crippen LogP contribution in [0.1, 0.15) is 20.3 Å². The van der Waals surface area contributed by atoms with Gasteiger partial charge in [0.25, 0.3) is 5.79 Å². The largest absolute Gasteiger partial charge is 0.469 e. The summed E-state index contributed by atoms with van der Waals surface area (Å²) >= 11 is 0. The molecule has 2 saturated carbocycles. The van der Waals surface area contributed by atoms with Gasteiger partial charge in [-0.2, -0.15) is 0 Å². The molecule has 5 heterocycles. The van der Waals surface area contributed by atoms with Crippen LogP contribution in [0.5, 0.6) is 0 Å². The number of fused-ring (bicyclic) bond motifs is 7. The quantitative estimate of drug-likeness (QED) is 0.206. The topological polar surface area (TPSA) is 180 Å². The maximum atomic E-state index is 13.5. The van der Waals surface area contributed by atoms with Crippen LogP contribution in [0, 0.1) is 34.0 Å². The highest BCUT2D eigenvalue weighted by molar-refractivity contribution is 6.11. The Labute approximate surface area is 234 Å². The van der Waals surface area contributed by atoms with Crippen molar-refractivity contribution < 1.29 is 62.9 Å².